The molecule has 0 fully saturated rings. The highest BCUT2D eigenvalue weighted by atomic mass is 79.9. The third-order valence-corrected chi connectivity index (χ3v) is 4.89. The molecule has 0 spiro atoms. The van der Waals surface area contributed by atoms with E-state index in [1.54, 1.807) is 54.5 Å². The number of hydrogen-bond acceptors (Lipinski definition) is 5. The molecule has 0 aliphatic carbocycles. The zero-order valence-electron chi connectivity index (χ0n) is 19.1. The van der Waals surface area contributed by atoms with Crippen molar-refractivity contribution in [1.29, 1.82) is 0 Å². The van der Waals surface area contributed by atoms with Gasteiger partial charge in [-0.15, -0.1) is 0 Å². The third kappa shape index (κ3) is 6.88. The van der Waals surface area contributed by atoms with Crippen molar-refractivity contribution in [2.24, 2.45) is 0 Å². The van der Waals surface area contributed by atoms with Gasteiger partial charge >= 0.3 is 12.3 Å². The summed E-state index contributed by atoms with van der Waals surface area (Å²) >= 11 is 3.28. The molecular formula is C22H28BrF3N2O4. The quantitative estimate of drug-likeness (QED) is 0.471. The number of nitrogens with one attached hydrogen (secondary N) is 1. The lowest BCUT2D eigenvalue weighted by Gasteiger charge is -2.26. The van der Waals surface area contributed by atoms with Crippen molar-refractivity contribution < 1.29 is 32.2 Å². The highest BCUT2D eigenvalue weighted by molar-refractivity contribution is 9.10. The first-order chi connectivity index (χ1) is 14.6. The molecule has 0 bridgehead atoms. The van der Waals surface area contributed by atoms with Crippen LogP contribution in [0.1, 0.15) is 54.0 Å². The minimum absolute atomic E-state index is 0.0243. The highest BCUT2D eigenvalue weighted by Gasteiger charge is 2.36. The molecule has 1 amide bonds. The molecule has 0 saturated carbocycles. The maximum Gasteiger partial charge on any atom is 0.417 e. The maximum atomic E-state index is 13.9. The number of fused-ring (bicyclic) bond motifs is 1. The largest absolute Gasteiger partial charge is 0.487 e. The second-order valence-electron chi connectivity index (χ2n) is 8.70. The lowest BCUT2D eigenvalue weighted by atomic mass is 10.1. The third-order valence-electron chi connectivity index (χ3n) is 4.27. The van der Waals surface area contributed by atoms with Gasteiger partial charge in [0.25, 0.3) is 0 Å². The Morgan fingerprint density at radius 1 is 1.09 bits per heavy atom. The van der Waals surface area contributed by atoms with Crippen LogP contribution in [0.25, 0.3) is 10.9 Å². The zero-order valence-corrected chi connectivity index (χ0v) is 20.6. The average Bonchev–Trinajstić information content (AvgIpc) is 2.60. The number of halogens is 4. The van der Waals surface area contributed by atoms with Crippen molar-refractivity contribution in [3.8, 4) is 11.6 Å². The van der Waals surface area contributed by atoms with Crippen LogP contribution in [0, 0.1) is 0 Å². The molecule has 6 nitrogen and oxygen atoms in total. The number of alkyl halides is 3. The molecule has 32 heavy (non-hydrogen) atoms. The van der Waals surface area contributed by atoms with Gasteiger partial charge in [-0.25, -0.2) is 9.78 Å². The normalized spacial score (nSPS) is 14.2. The number of pyridine rings is 1. The number of aromatic nitrogens is 1. The van der Waals surface area contributed by atoms with Gasteiger partial charge in [0.05, 0.1) is 33.1 Å². The van der Waals surface area contributed by atoms with Crippen LogP contribution >= 0.6 is 15.9 Å². The topological polar surface area (TPSA) is 69.7 Å². The molecule has 0 radical (unpaired) electrons. The van der Waals surface area contributed by atoms with Gasteiger partial charge in [-0.3, -0.25) is 0 Å². The Morgan fingerprint density at radius 2 is 1.72 bits per heavy atom. The van der Waals surface area contributed by atoms with Crippen LogP contribution < -0.4 is 14.8 Å². The molecule has 0 saturated heterocycles. The number of amides is 1. The molecular weight excluding hydrogens is 493 g/mol. The number of nitrogens with zero attached hydrogens (tertiary/aromatic N) is 1. The number of carbonyl (C=O) groups excluding carboxylic acids is 1. The van der Waals surface area contributed by atoms with E-state index >= 15 is 0 Å². The number of ether oxygens (including phenoxy) is 3. The molecule has 10 heteroatoms. The summed E-state index contributed by atoms with van der Waals surface area (Å²) < 4.78 is 58.7. The number of alkyl carbamates (subject to hydrolysis) is 1. The van der Waals surface area contributed by atoms with E-state index in [9.17, 15) is 18.0 Å². The van der Waals surface area contributed by atoms with Gasteiger partial charge in [0, 0.05) is 6.07 Å². The monoisotopic (exact) mass is 520 g/mol. The van der Waals surface area contributed by atoms with Crippen LogP contribution in [-0.2, 0) is 10.9 Å². The Labute approximate surface area is 193 Å². The Morgan fingerprint density at radius 3 is 2.25 bits per heavy atom. The van der Waals surface area contributed by atoms with E-state index in [0.29, 0.717) is 4.47 Å². The van der Waals surface area contributed by atoms with Crippen molar-refractivity contribution >= 4 is 32.9 Å². The predicted molar refractivity (Wildman–Crippen MR) is 119 cm³/mol. The van der Waals surface area contributed by atoms with E-state index in [4.69, 9.17) is 14.2 Å². The second kappa shape index (κ2) is 9.72. The van der Waals surface area contributed by atoms with E-state index in [2.05, 4.69) is 26.2 Å². The fourth-order valence-electron chi connectivity index (χ4n) is 2.79. The molecule has 1 N–H and O–H groups in total. The highest BCUT2D eigenvalue weighted by Crippen LogP contribution is 2.43. The van der Waals surface area contributed by atoms with Gasteiger partial charge < -0.3 is 19.5 Å². The first kappa shape index (κ1) is 26.0. The molecule has 0 aliphatic rings. The van der Waals surface area contributed by atoms with Crippen molar-refractivity contribution in [3.05, 3.63) is 28.2 Å². The van der Waals surface area contributed by atoms with Gasteiger partial charge in [0.15, 0.2) is 0 Å². The van der Waals surface area contributed by atoms with Crippen LogP contribution in [0.15, 0.2) is 22.7 Å². The summed E-state index contributed by atoms with van der Waals surface area (Å²) in [6, 6.07) is 3.33. The van der Waals surface area contributed by atoms with Crippen LogP contribution in [0.5, 0.6) is 11.6 Å². The molecule has 178 valence electrons. The summed E-state index contributed by atoms with van der Waals surface area (Å²) in [5.41, 5.74) is -1.53. The van der Waals surface area contributed by atoms with Crippen LogP contribution in [0.3, 0.4) is 0 Å². The van der Waals surface area contributed by atoms with Gasteiger partial charge in [0.1, 0.15) is 17.5 Å². The second-order valence-corrected chi connectivity index (χ2v) is 9.56. The first-order valence-corrected chi connectivity index (χ1v) is 10.9. The van der Waals surface area contributed by atoms with E-state index in [1.165, 1.54) is 6.07 Å². The Hall–Kier alpha value is -2.23. The molecule has 1 aromatic carbocycles. The summed E-state index contributed by atoms with van der Waals surface area (Å²) in [7, 11) is 0. The molecule has 2 aromatic rings. The van der Waals surface area contributed by atoms with Crippen LogP contribution in [0.2, 0.25) is 0 Å². The van der Waals surface area contributed by atoms with E-state index < -0.39 is 35.6 Å². The van der Waals surface area contributed by atoms with Crippen molar-refractivity contribution in [1.82, 2.24) is 10.3 Å². The smallest absolute Gasteiger partial charge is 0.417 e. The fourth-order valence-corrected chi connectivity index (χ4v) is 3.21. The number of benzene rings is 1. The van der Waals surface area contributed by atoms with Gasteiger partial charge in [-0.2, -0.15) is 13.2 Å². The lowest BCUT2D eigenvalue weighted by Crippen LogP contribution is -2.44. The van der Waals surface area contributed by atoms with Gasteiger partial charge in [-0.05, 0) is 76.5 Å². The Kier molecular flexibility index (Phi) is 7.91. The Balaban J connectivity index is 2.44. The first-order valence-electron chi connectivity index (χ1n) is 10.1. The van der Waals surface area contributed by atoms with E-state index in [0.717, 1.165) is 6.07 Å². The Bertz CT molecular complexity index is 974. The van der Waals surface area contributed by atoms with Crippen LogP contribution in [-0.4, -0.2) is 34.9 Å². The standard InChI is InChI=1S/C22H28BrF3N2O4/c1-11(2)30-17-10-14(22(24,25)26)18-16(28-17)9-8-15(23)19(18)31-13(4)12(3)27-20(29)32-21(5,6)7/h8-13H,1-7H3,(H,27,29)/t12-,13+/m1/s1. The number of hydrogen-bond donors (Lipinski definition) is 1. The number of rotatable bonds is 6. The summed E-state index contributed by atoms with van der Waals surface area (Å²) in [6.07, 6.45) is -6.34. The zero-order chi connectivity index (χ0) is 24.4. The van der Waals surface area contributed by atoms with Crippen molar-refractivity contribution in [3.63, 3.8) is 0 Å². The van der Waals surface area contributed by atoms with E-state index in [1.807, 2.05) is 0 Å². The molecule has 0 unspecified atom stereocenters. The number of carbonyl (C=O) groups is 1. The fraction of sp³-hybridized carbons (Fsp3) is 0.545. The minimum atomic E-state index is -4.67. The molecule has 1 heterocycles. The summed E-state index contributed by atoms with van der Waals surface area (Å²) in [6.45, 7) is 11.9. The molecule has 2 atom stereocenters. The van der Waals surface area contributed by atoms with Crippen molar-refractivity contribution in [2.75, 3.05) is 0 Å². The summed E-state index contributed by atoms with van der Waals surface area (Å²) in [4.78, 5) is 16.3. The van der Waals surface area contributed by atoms with Crippen LogP contribution in [0.4, 0.5) is 18.0 Å². The molecule has 1 aromatic heterocycles. The summed E-state index contributed by atoms with van der Waals surface area (Å²) in [5, 5.41) is 2.45. The molecule has 2 rings (SSSR count). The van der Waals surface area contributed by atoms with Gasteiger partial charge in [-0.1, -0.05) is 0 Å². The lowest BCUT2D eigenvalue weighted by molar-refractivity contribution is -0.136. The SMILES string of the molecule is CC(C)Oc1cc(C(F)(F)F)c2c(O[C@@H](C)[C@@H](C)NC(=O)OC(C)(C)C)c(Br)ccc2n1. The summed E-state index contributed by atoms with van der Waals surface area (Å²) in [5.74, 6) is -0.148. The van der Waals surface area contributed by atoms with Gasteiger partial charge in [0.2, 0.25) is 5.88 Å². The van der Waals surface area contributed by atoms with Crippen molar-refractivity contribution in [2.45, 2.75) is 78.5 Å². The van der Waals surface area contributed by atoms with E-state index in [-0.39, 0.29) is 28.6 Å². The average molecular weight is 521 g/mol. The predicted octanol–water partition coefficient (Wildman–Crippen LogP) is 6.48. The minimum Gasteiger partial charge on any atom is -0.487 e. The molecule has 0 aliphatic heterocycles. The maximum absolute atomic E-state index is 13.9.